The third kappa shape index (κ3) is 5.21. The Morgan fingerprint density at radius 3 is 2.37 bits per heavy atom. The molecule has 3 aromatic rings. The largest absolute Gasteiger partial charge is 0.322 e. The Hall–Kier alpha value is -3.06. The van der Waals surface area contributed by atoms with Gasteiger partial charge in [-0.1, -0.05) is 49.4 Å². The van der Waals surface area contributed by atoms with Gasteiger partial charge in [-0.25, -0.2) is 0 Å². The van der Waals surface area contributed by atoms with Crippen LogP contribution in [0.5, 0.6) is 0 Å². The minimum atomic E-state index is -0.293. The van der Waals surface area contributed by atoms with Gasteiger partial charge in [0.05, 0.1) is 0 Å². The van der Waals surface area contributed by atoms with Crippen LogP contribution < -0.4 is 10.6 Å². The maximum absolute atomic E-state index is 12.5. The van der Waals surface area contributed by atoms with E-state index in [1.165, 1.54) is 11.3 Å². The molecule has 2 aromatic carbocycles. The van der Waals surface area contributed by atoms with Crippen molar-refractivity contribution in [3.8, 4) is 0 Å². The van der Waals surface area contributed by atoms with Gasteiger partial charge in [-0.3, -0.25) is 14.9 Å². The highest BCUT2D eigenvalue weighted by molar-refractivity contribution is 7.15. The summed E-state index contributed by atoms with van der Waals surface area (Å²) in [5.74, 6) is -0.0416. The molecule has 138 valence electrons. The van der Waals surface area contributed by atoms with Gasteiger partial charge in [-0.2, -0.15) is 0 Å². The molecule has 0 spiro atoms. The van der Waals surface area contributed by atoms with Crippen LogP contribution in [0.4, 0.5) is 10.8 Å². The molecule has 0 radical (unpaired) electrons. The Morgan fingerprint density at radius 1 is 0.926 bits per heavy atom. The predicted octanol–water partition coefficient (Wildman–Crippen LogP) is 4.24. The lowest BCUT2D eigenvalue weighted by Gasteiger charge is -2.07. The first-order valence-corrected chi connectivity index (χ1v) is 9.43. The van der Waals surface area contributed by atoms with Crippen molar-refractivity contribution in [2.45, 2.75) is 20.3 Å². The molecular weight excluding hydrogens is 360 g/mol. The number of carbonyl (C=O) groups is 2. The van der Waals surface area contributed by atoms with Crippen molar-refractivity contribution in [1.29, 1.82) is 0 Å². The van der Waals surface area contributed by atoms with Gasteiger partial charge < -0.3 is 5.32 Å². The fraction of sp³-hybridized carbons (Fsp3) is 0.200. The zero-order valence-corrected chi connectivity index (χ0v) is 15.9. The van der Waals surface area contributed by atoms with Gasteiger partial charge >= 0.3 is 0 Å². The number of anilines is 2. The van der Waals surface area contributed by atoms with Crippen molar-refractivity contribution in [3.63, 3.8) is 0 Å². The molecule has 1 heterocycles. The highest BCUT2D eigenvalue weighted by Gasteiger charge is 2.12. The molecule has 6 nitrogen and oxygen atoms in total. The predicted molar refractivity (Wildman–Crippen MR) is 107 cm³/mol. The maximum atomic E-state index is 12.5. The summed E-state index contributed by atoms with van der Waals surface area (Å²) in [6.07, 6.45) is 0.828. The van der Waals surface area contributed by atoms with Crippen molar-refractivity contribution in [1.82, 2.24) is 10.2 Å². The Kier molecular flexibility index (Phi) is 5.93. The standard InChI is InChI=1S/C20H20N4O2S/c1-13(2)11-17-23-24-20(27-17)22-19(26)15-9-6-10-16(12-15)21-18(25)14-7-4-3-5-8-14/h3-10,12-13H,11H2,1-2H3,(H,21,25)(H,22,24,26). The average molecular weight is 380 g/mol. The second-order valence-corrected chi connectivity index (χ2v) is 7.52. The van der Waals surface area contributed by atoms with E-state index < -0.39 is 0 Å². The number of amides is 2. The monoisotopic (exact) mass is 380 g/mol. The molecule has 0 saturated heterocycles. The smallest absolute Gasteiger partial charge is 0.257 e. The Morgan fingerprint density at radius 2 is 1.63 bits per heavy atom. The van der Waals surface area contributed by atoms with Crippen molar-refractivity contribution in [2.24, 2.45) is 5.92 Å². The first-order valence-electron chi connectivity index (χ1n) is 8.61. The van der Waals surface area contributed by atoms with Crippen LogP contribution in [0.25, 0.3) is 0 Å². The van der Waals surface area contributed by atoms with E-state index >= 15 is 0 Å². The summed E-state index contributed by atoms with van der Waals surface area (Å²) in [5.41, 5.74) is 1.54. The number of carbonyl (C=O) groups excluding carboxylic acids is 2. The summed E-state index contributed by atoms with van der Waals surface area (Å²) >= 11 is 1.37. The molecule has 1 aromatic heterocycles. The molecule has 2 N–H and O–H groups in total. The van der Waals surface area contributed by atoms with Gasteiger partial charge in [0.15, 0.2) is 0 Å². The molecule has 2 amide bonds. The van der Waals surface area contributed by atoms with Crippen molar-refractivity contribution in [3.05, 3.63) is 70.7 Å². The fourth-order valence-corrected chi connectivity index (χ4v) is 3.38. The fourth-order valence-electron chi connectivity index (χ4n) is 2.44. The quantitative estimate of drug-likeness (QED) is 0.670. The van der Waals surface area contributed by atoms with E-state index in [9.17, 15) is 9.59 Å². The van der Waals surface area contributed by atoms with Crippen molar-refractivity contribution < 1.29 is 9.59 Å². The van der Waals surface area contributed by atoms with Crippen LogP contribution in [0, 0.1) is 5.92 Å². The topological polar surface area (TPSA) is 84.0 Å². The van der Waals surface area contributed by atoms with Crippen LogP contribution in [0.15, 0.2) is 54.6 Å². The van der Waals surface area contributed by atoms with Crippen molar-refractivity contribution in [2.75, 3.05) is 10.6 Å². The number of aromatic nitrogens is 2. The molecule has 7 heteroatoms. The van der Waals surface area contributed by atoms with Crippen LogP contribution >= 0.6 is 11.3 Å². The lowest BCUT2D eigenvalue weighted by atomic mass is 10.1. The minimum absolute atomic E-state index is 0.226. The zero-order valence-electron chi connectivity index (χ0n) is 15.1. The van der Waals surface area contributed by atoms with E-state index in [2.05, 4.69) is 34.7 Å². The SMILES string of the molecule is CC(C)Cc1nnc(NC(=O)c2cccc(NC(=O)c3ccccc3)c2)s1. The van der Waals surface area contributed by atoms with Gasteiger partial charge in [0, 0.05) is 23.2 Å². The molecular formula is C20H20N4O2S. The van der Waals surface area contributed by atoms with Crippen molar-refractivity contribution >= 4 is 34.0 Å². The molecule has 0 unspecified atom stereocenters. The van der Waals surface area contributed by atoms with Crippen LogP contribution in [0.3, 0.4) is 0 Å². The molecule has 0 fully saturated rings. The summed E-state index contributed by atoms with van der Waals surface area (Å²) in [5, 5.41) is 15.0. The van der Waals surface area contributed by atoms with Crippen LogP contribution in [-0.2, 0) is 6.42 Å². The highest BCUT2D eigenvalue weighted by Crippen LogP contribution is 2.20. The molecule has 0 saturated carbocycles. The third-order valence-electron chi connectivity index (χ3n) is 3.69. The van der Waals surface area contributed by atoms with Gasteiger partial charge in [0.2, 0.25) is 5.13 Å². The molecule has 27 heavy (non-hydrogen) atoms. The molecule has 0 bridgehead atoms. The average Bonchev–Trinajstić information content (AvgIpc) is 3.08. The van der Waals surface area contributed by atoms with E-state index in [-0.39, 0.29) is 11.8 Å². The van der Waals surface area contributed by atoms with E-state index in [1.54, 1.807) is 48.5 Å². The van der Waals surface area contributed by atoms with Gasteiger partial charge in [-0.15, -0.1) is 10.2 Å². The number of benzene rings is 2. The van der Waals surface area contributed by atoms with Gasteiger partial charge in [0.25, 0.3) is 11.8 Å². The lowest BCUT2D eigenvalue weighted by molar-refractivity contribution is 0.101. The number of hydrogen-bond donors (Lipinski definition) is 2. The number of rotatable bonds is 6. The van der Waals surface area contributed by atoms with E-state index in [1.807, 2.05) is 6.07 Å². The normalized spacial score (nSPS) is 10.6. The maximum Gasteiger partial charge on any atom is 0.257 e. The molecule has 0 atom stereocenters. The van der Waals surface area contributed by atoms with Gasteiger partial charge in [-0.05, 0) is 36.2 Å². The third-order valence-corrected chi connectivity index (χ3v) is 4.55. The summed E-state index contributed by atoms with van der Waals surface area (Å²) in [7, 11) is 0. The number of hydrogen-bond acceptors (Lipinski definition) is 5. The van der Waals surface area contributed by atoms with E-state index in [0.717, 1.165) is 11.4 Å². The summed E-state index contributed by atoms with van der Waals surface area (Å²) in [6.45, 7) is 4.21. The first-order chi connectivity index (χ1) is 13.0. The molecule has 3 rings (SSSR count). The molecule has 0 aliphatic carbocycles. The lowest BCUT2D eigenvalue weighted by Crippen LogP contribution is -2.14. The van der Waals surface area contributed by atoms with Crippen LogP contribution in [0.1, 0.15) is 39.6 Å². The minimum Gasteiger partial charge on any atom is -0.322 e. The molecule has 0 aliphatic rings. The number of nitrogens with one attached hydrogen (secondary N) is 2. The van der Waals surface area contributed by atoms with Crippen LogP contribution in [-0.4, -0.2) is 22.0 Å². The Balaban J connectivity index is 1.66. The summed E-state index contributed by atoms with van der Waals surface area (Å²) in [6, 6.07) is 15.7. The van der Waals surface area contributed by atoms with E-state index in [4.69, 9.17) is 0 Å². The second kappa shape index (κ2) is 8.55. The van der Waals surface area contributed by atoms with E-state index in [0.29, 0.717) is 27.9 Å². The summed E-state index contributed by atoms with van der Waals surface area (Å²) in [4.78, 5) is 24.7. The zero-order chi connectivity index (χ0) is 19.2. The summed E-state index contributed by atoms with van der Waals surface area (Å²) < 4.78 is 0. The Labute approximate surface area is 161 Å². The van der Waals surface area contributed by atoms with Gasteiger partial charge in [0.1, 0.15) is 5.01 Å². The second-order valence-electron chi connectivity index (χ2n) is 6.45. The number of nitrogens with zero attached hydrogens (tertiary/aromatic N) is 2. The molecule has 0 aliphatic heterocycles. The highest BCUT2D eigenvalue weighted by atomic mass is 32.1. The Bertz CT molecular complexity index is 938. The van der Waals surface area contributed by atoms with Crippen LogP contribution in [0.2, 0.25) is 0 Å². The first kappa shape index (κ1) is 18.7.